The number of carbonyl (C=O) groups is 1. The lowest BCUT2D eigenvalue weighted by Crippen LogP contribution is -2.34. The number of rotatable bonds is 12. The van der Waals surface area contributed by atoms with E-state index in [-0.39, 0.29) is 13.0 Å². The monoisotopic (exact) mass is 520 g/mol. The Labute approximate surface area is 225 Å². The number of pyridine rings is 1. The van der Waals surface area contributed by atoms with Crippen molar-refractivity contribution in [1.82, 2.24) is 9.88 Å². The Morgan fingerprint density at radius 1 is 1.11 bits per heavy atom. The molecule has 204 valence electrons. The van der Waals surface area contributed by atoms with Crippen molar-refractivity contribution in [3.05, 3.63) is 53.2 Å². The van der Waals surface area contributed by atoms with Gasteiger partial charge in [0.05, 0.1) is 30.8 Å². The number of aliphatic hydroxyl groups excluding tert-OH is 1. The molecule has 38 heavy (non-hydrogen) atoms. The summed E-state index contributed by atoms with van der Waals surface area (Å²) in [7, 11) is 0. The third-order valence-electron chi connectivity index (χ3n) is 7.22. The molecule has 1 aromatic heterocycles. The standard InChI is InChI=1S/C30H40N4O4/c1-4-23-21(18-34-12-10-20(19-35)11-13-34)8-7-9-25(23)33-30-22(14-29(31)36)17-32-26-16-28(38-6-3)27(37-5-2)15-24(26)30/h7-9,15-17,20,35H,4-6,10-14,18-19H2,1-3H3,(H2,31,36)(H,32,33). The number of benzene rings is 2. The van der Waals surface area contributed by atoms with Gasteiger partial charge in [0.15, 0.2) is 11.5 Å². The van der Waals surface area contributed by atoms with Crippen molar-refractivity contribution in [2.45, 2.75) is 53.0 Å². The van der Waals surface area contributed by atoms with Crippen molar-refractivity contribution >= 4 is 28.2 Å². The number of anilines is 2. The minimum Gasteiger partial charge on any atom is -0.490 e. The third-order valence-corrected chi connectivity index (χ3v) is 7.22. The first kappa shape index (κ1) is 27.7. The SMILES string of the molecule is CCOc1cc2ncc(CC(N)=O)c(Nc3cccc(CN4CCC(CO)CC4)c3CC)c2cc1OCC. The van der Waals surface area contributed by atoms with Gasteiger partial charge in [-0.15, -0.1) is 0 Å². The largest absolute Gasteiger partial charge is 0.490 e. The van der Waals surface area contributed by atoms with Crippen molar-refractivity contribution < 1.29 is 19.4 Å². The summed E-state index contributed by atoms with van der Waals surface area (Å²) in [6.07, 6.45) is 4.71. The molecule has 0 unspecified atom stereocenters. The predicted molar refractivity (Wildman–Crippen MR) is 151 cm³/mol. The highest BCUT2D eigenvalue weighted by Gasteiger charge is 2.21. The Hall–Kier alpha value is -3.36. The molecule has 2 aromatic carbocycles. The molecule has 0 spiro atoms. The molecule has 0 atom stereocenters. The quantitative estimate of drug-likeness (QED) is 0.321. The van der Waals surface area contributed by atoms with E-state index < -0.39 is 5.91 Å². The fourth-order valence-electron chi connectivity index (χ4n) is 5.27. The second kappa shape index (κ2) is 12.9. The smallest absolute Gasteiger partial charge is 0.221 e. The molecule has 8 nitrogen and oxygen atoms in total. The Bertz CT molecular complexity index is 1250. The van der Waals surface area contributed by atoms with Crippen LogP contribution in [0.3, 0.4) is 0 Å². The van der Waals surface area contributed by atoms with Crippen LogP contribution in [0, 0.1) is 5.92 Å². The molecular weight excluding hydrogens is 480 g/mol. The predicted octanol–water partition coefficient (Wildman–Crippen LogP) is 4.57. The van der Waals surface area contributed by atoms with E-state index in [0.29, 0.717) is 30.6 Å². The van der Waals surface area contributed by atoms with Crippen LogP contribution in [0.25, 0.3) is 10.9 Å². The van der Waals surface area contributed by atoms with Crippen molar-refractivity contribution in [2.24, 2.45) is 11.7 Å². The number of nitrogens with one attached hydrogen (secondary N) is 1. The zero-order chi connectivity index (χ0) is 27.1. The zero-order valence-corrected chi connectivity index (χ0v) is 22.8. The number of piperidine rings is 1. The molecule has 1 aliphatic rings. The number of fused-ring (bicyclic) bond motifs is 1. The number of amides is 1. The van der Waals surface area contributed by atoms with Gasteiger partial charge in [-0.3, -0.25) is 14.7 Å². The lowest BCUT2D eigenvalue weighted by molar-refractivity contribution is -0.117. The van der Waals surface area contributed by atoms with E-state index in [1.165, 1.54) is 11.1 Å². The van der Waals surface area contributed by atoms with Crippen molar-refractivity contribution in [3.8, 4) is 11.5 Å². The fourth-order valence-corrected chi connectivity index (χ4v) is 5.27. The molecule has 1 amide bonds. The van der Waals surface area contributed by atoms with Crippen LogP contribution in [0.4, 0.5) is 11.4 Å². The highest BCUT2D eigenvalue weighted by molar-refractivity contribution is 5.98. The average molecular weight is 521 g/mol. The summed E-state index contributed by atoms with van der Waals surface area (Å²) in [5.41, 5.74) is 11.4. The van der Waals surface area contributed by atoms with Crippen LogP contribution in [0.2, 0.25) is 0 Å². The molecule has 2 heterocycles. The summed E-state index contributed by atoms with van der Waals surface area (Å²) < 4.78 is 11.7. The van der Waals surface area contributed by atoms with Gasteiger partial charge >= 0.3 is 0 Å². The van der Waals surface area contributed by atoms with Gasteiger partial charge in [0, 0.05) is 42.1 Å². The first-order valence-corrected chi connectivity index (χ1v) is 13.7. The van der Waals surface area contributed by atoms with Crippen molar-refractivity contribution in [3.63, 3.8) is 0 Å². The summed E-state index contributed by atoms with van der Waals surface area (Å²) in [6.45, 7) is 10.2. The average Bonchev–Trinajstić information content (AvgIpc) is 2.91. The van der Waals surface area contributed by atoms with E-state index in [1.54, 1.807) is 6.20 Å². The summed E-state index contributed by atoms with van der Waals surface area (Å²) in [5, 5.41) is 14.0. The fraction of sp³-hybridized carbons (Fsp3) is 0.467. The summed E-state index contributed by atoms with van der Waals surface area (Å²) >= 11 is 0. The second-order valence-corrected chi connectivity index (χ2v) is 9.81. The van der Waals surface area contributed by atoms with Crippen molar-refractivity contribution in [2.75, 3.05) is 38.2 Å². The van der Waals surface area contributed by atoms with Gasteiger partial charge in [-0.2, -0.15) is 0 Å². The van der Waals surface area contributed by atoms with E-state index in [4.69, 9.17) is 15.2 Å². The molecule has 8 heteroatoms. The van der Waals surface area contributed by atoms with Crippen LogP contribution in [0.5, 0.6) is 11.5 Å². The number of primary amides is 1. The first-order chi connectivity index (χ1) is 18.5. The van der Waals surface area contributed by atoms with Crippen LogP contribution < -0.4 is 20.5 Å². The normalized spacial score (nSPS) is 14.5. The Balaban J connectivity index is 1.74. The van der Waals surface area contributed by atoms with Crippen LogP contribution in [-0.2, 0) is 24.2 Å². The topological polar surface area (TPSA) is 110 Å². The lowest BCUT2D eigenvalue weighted by atomic mass is 9.96. The van der Waals surface area contributed by atoms with E-state index in [0.717, 1.165) is 66.7 Å². The van der Waals surface area contributed by atoms with E-state index in [9.17, 15) is 9.90 Å². The van der Waals surface area contributed by atoms with Crippen molar-refractivity contribution in [1.29, 1.82) is 0 Å². The van der Waals surface area contributed by atoms with Gasteiger partial charge in [-0.25, -0.2) is 0 Å². The molecule has 1 fully saturated rings. The number of carbonyl (C=O) groups excluding carboxylic acids is 1. The molecule has 0 radical (unpaired) electrons. The molecule has 0 saturated carbocycles. The van der Waals surface area contributed by atoms with Gasteiger partial charge in [0.2, 0.25) is 5.91 Å². The highest BCUT2D eigenvalue weighted by Crippen LogP contribution is 2.38. The number of nitrogens with zero attached hydrogens (tertiary/aromatic N) is 2. The minimum absolute atomic E-state index is 0.0728. The van der Waals surface area contributed by atoms with Gasteiger partial charge in [-0.1, -0.05) is 19.1 Å². The second-order valence-electron chi connectivity index (χ2n) is 9.81. The van der Waals surface area contributed by atoms with Gasteiger partial charge < -0.3 is 25.6 Å². The maximum atomic E-state index is 12.0. The molecule has 4 N–H and O–H groups in total. The molecular formula is C30H40N4O4. The van der Waals surface area contributed by atoms with E-state index in [1.807, 2.05) is 26.0 Å². The van der Waals surface area contributed by atoms with Crippen LogP contribution in [0.15, 0.2) is 36.5 Å². The van der Waals surface area contributed by atoms with Gasteiger partial charge in [0.1, 0.15) is 0 Å². The lowest BCUT2D eigenvalue weighted by Gasteiger charge is -2.31. The molecule has 0 bridgehead atoms. The molecule has 3 aromatic rings. The number of likely N-dealkylation sites (tertiary alicyclic amines) is 1. The number of hydrogen-bond donors (Lipinski definition) is 3. The molecule has 4 rings (SSSR count). The van der Waals surface area contributed by atoms with Crippen LogP contribution >= 0.6 is 0 Å². The number of hydrogen-bond acceptors (Lipinski definition) is 7. The molecule has 1 aliphatic heterocycles. The summed E-state index contributed by atoms with van der Waals surface area (Å²) in [4.78, 5) is 19.1. The number of aromatic nitrogens is 1. The number of nitrogens with two attached hydrogens (primary N) is 1. The number of ether oxygens (including phenoxy) is 2. The highest BCUT2D eigenvalue weighted by atomic mass is 16.5. The van der Waals surface area contributed by atoms with Gasteiger partial charge in [-0.05, 0) is 75.4 Å². The maximum Gasteiger partial charge on any atom is 0.221 e. The summed E-state index contributed by atoms with van der Waals surface area (Å²) in [6, 6.07) is 10.2. The van der Waals surface area contributed by atoms with E-state index in [2.05, 4.69) is 40.3 Å². The van der Waals surface area contributed by atoms with E-state index >= 15 is 0 Å². The summed E-state index contributed by atoms with van der Waals surface area (Å²) in [5.74, 6) is 1.28. The van der Waals surface area contributed by atoms with Gasteiger partial charge in [0.25, 0.3) is 0 Å². The zero-order valence-electron chi connectivity index (χ0n) is 22.8. The first-order valence-electron chi connectivity index (χ1n) is 13.7. The van der Waals surface area contributed by atoms with Crippen LogP contribution in [-0.4, -0.2) is 53.8 Å². The van der Waals surface area contributed by atoms with Crippen LogP contribution in [0.1, 0.15) is 50.3 Å². The maximum absolute atomic E-state index is 12.0. The Morgan fingerprint density at radius 3 is 2.45 bits per heavy atom. The minimum atomic E-state index is -0.416. The molecule has 1 saturated heterocycles. The Morgan fingerprint density at radius 2 is 1.82 bits per heavy atom. The third kappa shape index (κ3) is 6.37. The molecule has 0 aliphatic carbocycles. The Kier molecular flexibility index (Phi) is 9.42. The number of aliphatic hydroxyl groups is 1.